The number of methoxy groups -OCH3 is 2. The number of hydrogen-bond donors (Lipinski definition) is 1. The van der Waals surface area contributed by atoms with E-state index in [1.807, 2.05) is 19.1 Å². The van der Waals surface area contributed by atoms with Crippen LogP contribution in [-0.4, -0.2) is 36.7 Å². The highest BCUT2D eigenvalue weighted by molar-refractivity contribution is 6.00. The van der Waals surface area contributed by atoms with Crippen molar-refractivity contribution in [3.63, 3.8) is 0 Å². The number of carbonyl (C=O) groups is 1. The van der Waals surface area contributed by atoms with Crippen LogP contribution < -0.4 is 5.32 Å². The van der Waals surface area contributed by atoms with Gasteiger partial charge in [0.05, 0.1) is 18.9 Å². The number of nitrogens with one attached hydrogen (secondary N) is 1. The zero-order chi connectivity index (χ0) is 16.1. The molecule has 0 aromatic heterocycles. The summed E-state index contributed by atoms with van der Waals surface area (Å²) in [5, 5.41) is 2.78. The first-order valence-electron chi connectivity index (χ1n) is 6.69. The van der Waals surface area contributed by atoms with Gasteiger partial charge >= 0.3 is 5.71 Å². The molecule has 1 aliphatic rings. The molecule has 0 spiro atoms. The Morgan fingerprint density at radius 1 is 1.36 bits per heavy atom. The van der Waals surface area contributed by atoms with Crippen LogP contribution in [-0.2, 0) is 9.47 Å². The Hall–Kier alpha value is -2.69. The fourth-order valence-corrected chi connectivity index (χ4v) is 2.14. The van der Waals surface area contributed by atoms with E-state index in [4.69, 9.17) is 15.0 Å². The molecule has 114 valence electrons. The molecule has 1 aromatic rings. The number of aryl methyl sites for hydroxylation is 1. The van der Waals surface area contributed by atoms with Crippen molar-refractivity contribution >= 4 is 11.6 Å². The van der Waals surface area contributed by atoms with Crippen molar-refractivity contribution < 1.29 is 19.1 Å². The van der Waals surface area contributed by atoms with Crippen molar-refractivity contribution in [3.05, 3.63) is 64.5 Å². The van der Waals surface area contributed by atoms with Crippen LogP contribution in [0.5, 0.6) is 0 Å². The SMILES string of the molecule is COC1=CC(=[N+]=[N-])C(OC)C=C1NC(=O)c1cccc(C)c1. The average Bonchev–Trinajstić information content (AvgIpc) is 2.54. The van der Waals surface area contributed by atoms with Gasteiger partial charge in [0.2, 0.25) is 0 Å². The Bertz CT molecular complexity index is 700. The van der Waals surface area contributed by atoms with Crippen LogP contribution in [0, 0.1) is 6.92 Å². The summed E-state index contributed by atoms with van der Waals surface area (Å²) in [6.45, 7) is 1.92. The molecule has 2 rings (SSSR count). The molecule has 6 nitrogen and oxygen atoms in total. The predicted octanol–water partition coefficient (Wildman–Crippen LogP) is 1.84. The minimum Gasteiger partial charge on any atom is -0.494 e. The second-order valence-electron chi connectivity index (χ2n) is 4.80. The Kier molecular flexibility index (Phi) is 4.88. The van der Waals surface area contributed by atoms with Crippen molar-refractivity contribution in [2.45, 2.75) is 13.0 Å². The molecule has 6 heteroatoms. The molecule has 1 N–H and O–H groups in total. The van der Waals surface area contributed by atoms with Gasteiger partial charge in [-0.25, -0.2) is 0 Å². The molecule has 0 aliphatic heterocycles. The predicted molar refractivity (Wildman–Crippen MR) is 81.2 cm³/mol. The fraction of sp³-hybridized carbons (Fsp3) is 0.250. The van der Waals surface area contributed by atoms with E-state index in [0.29, 0.717) is 22.7 Å². The van der Waals surface area contributed by atoms with Crippen LogP contribution in [0.1, 0.15) is 15.9 Å². The van der Waals surface area contributed by atoms with Crippen LogP contribution in [0.25, 0.3) is 5.53 Å². The first kappa shape index (κ1) is 15.7. The van der Waals surface area contributed by atoms with Crippen LogP contribution >= 0.6 is 0 Å². The standard InChI is InChI=1S/C16H17N3O3/c1-10-5-4-6-11(7-10)16(20)18-12-8-15(22-3)13(19-17)9-14(12)21-2/h4-9,15H,1-3H3,(H,18,20). The van der Waals surface area contributed by atoms with Gasteiger partial charge in [-0.05, 0) is 25.1 Å². The van der Waals surface area contributed by atoms with E-state index in [1.165, 1.54) is 20.3 Å². The topological polar surface area (TPSA) is 84.0 Å². The van der Waals surface area contributed by atoms with Crippen LogP contribution in [0.4, 0.5) is 0 Å². The summed E-state index contributed by atoms with van der Waals surface area (Å²) in [7, 11) is 2.96. The van der Waals surface area contributed by atoms with Crippen molar-refractivity contribution in [3.8, 4) is 0 Å². The molecular weight excluding hydrogens is 282 g/mol. The highest BCUT2D eigenvalue weighted by Gasteiger charge is 2.28. The molecule has 0 bridgehead atoms. The number of amides is 1. The summed E-state index contributed by atoms with van der Waals surface area (Å²) in [6, 6.07) is 7.27. The van der Waals surface area contributed by atoms with Gasteiger partial charge in [0.25, 0.3) is 5.91 Å². The van der Waals surface area contributed by atoms with E-state index in [2.05, 4.69) is 10.1 Å². The summed E-state index contributed by atoms with van der Waals surface area (Å²) in [5.74, 6) is 0.138. The second kappa shape index (κ2) is 6.85. The summed E-state index contributed by atoms with van der Waals surface area (Å²) >= 11 is 0. The number of hydrogen-bond acceptors (Lipinski definition) is 3. The smallest absolute Gasteiger partial charge is 0.328 e. The number of nitrogens with zero attached hydrogens (tertiary/aromatic N) is 2. The van der Waals surface area contributed by atoms with Gasteiger partial charge in [0.15, 0.2) is 6.10 Å². The Labute approximate surface area is 128 Å². The minimum atomic E-state index is -0.559. The van der Waals surface area contributed by atoms with Gasteiger partial charge in [-0.2, -0.15) is 4.79 Å². The van der Waals surface area contributed by atoms with E-state index in [-0.39, 0.29) is 5.91 Å². The zero-order valence-electron chi connectivity index (χ0n) is 12.7. The third kappa shape index (κ3) is 3.31. The van der Waals surface area contributed by atoms with Gasteiger partial charge in [-0.3, -0.25) is 4.79 Å². The maximum absolute atomic E-state index is 12.3. The van der Waals surface area contributed by atoms with Crippen molar-refractivity contribution in [1.82, 2.24) is 5.32 Å². The van der Waals surface area contributed by atoms with Crippen LogP contribution in [0.15, 0.2) is 47.9 Å². The molecule has 1 aromatic carbocycles. The van der Waals surface area contributed by atoms with E-state index in [1.54, 1.807) is 18.2 Å². The Morgan fingerprint density at radius 3 is 2.73 bits per heavy atom. The van der Waals surface area contributed by atoms with Gasteiger partial charge in [0, 0.05) is 12.7 Å². The highest BCUT2D eigenvalue weighted by atomic mass is 16.5. The molecule has 0 fully saturated rings. The van der Waals surface area contributed by atoms with E-state index in [9.17, 15) is 4.79 Å². The van der Waals surface area contributed by atoms with Gasteiger partial charge < -0.3 is 20.3 Å². The lowest BCUT2D eigenvalue weighted by Crippen LogP contribution is -2.32. The minimum absolute atomic E-state index is 0.253. The molecule has 0 saturated carbocycles. The van der Waals surface area contributed by atoms with E-state index in [0.717, 1.165) is 5.56 Å². The summed E-state index contributed by atoms with van der Waals surface area (Å²) in [5.41, 5.74) is 11.3. The number of rotatable bonds is 4. The normalized spacial score (nSPS) is 17.2. The van der Waals surface area contributed by atoms with E-state index >= 15 is 0 Å². The lowest BCUT2D eigenvalue weighted by Gasteiger charge is -2.18. The molecule has 22 heavy (non-hydrogen) atoms. The monoisotopic (exact) mass is 299 g/mol. The van der Waals surface area contributed by atoms with Gasteiger partial charge in [-0.1, -0.05) is 17.7 Å². The molecule has 0 radical (unpaired) electrons. The Balaban J connectivity index is 2.27. The first-order chi connectivity index (χ1) is 10.6. The Morgan fingerprint density at radius 2 is 2.14 bits per heavy atom. The first-order valence-corrected chi connectivity index (χ1v) is 6.69. The molecule has 0 saturated heterocycles. The molecule has 1 amide bonds. The quantitative estimate of drug-likeness (QED) is 0.680. The van der Waals surface area contributed by atoms with Gasteiger partial charge in [0.1, 0.15) is 5.76 Å². The third-order valence-electron chi connectivity index (χ3n) is 3.27. The lowest BCUT2D eigenvalue weighted by atomic mass is 10.0. The molecule has 1 unspecified atom stereocenters. The maximum Gasteiger partial charge on any atom is 0.328 e. The largest absolute Gasteiger partial charge is 0.494 e. The second-order valence-corrected chi connectivity index (χ2v) is 4.80. The zero-order valence-corrected chi connectivity index (χ0v) is 12.7. The molecule has 1 atom stereocenters. The van der Waals surface area contributed by atoms with Crippen LogP contribution in [0.3, 0.4) is 0 Å². The number of benzene rings is 1. The average molecular weight is 299 g/mol. The highest BCUT2D eigenvalue weighted by Crippen LogP contribution is 2.18. The fourth-order valence-electron chi connectivity index (χ4n) is 2.14. The van der Waals surface area contributed by atoms with Crippen molar-refractivity contribution in [2.24, 2.45) is 0 Å². The third-order valence-corrected chi connectivity index (χ3v) is 3.27. The number of ether oxygens (including phenoxy) is 2. The summed E-state index contributed by atoms with van der Waals surface area (Å²) in [4.78, 5) is 15.5. The number of carbonyl (C=O) groups excluding carboxylic acids is 1. The van der Waals surface area contributed by atoms with E-state index < -0.39 is 6.10 Å². The van der Waals surface area contributed by atoms with Crippen molar-refractivity contribution in [1.29, 1.82) is 0 Å². The van der Waals surface area contributed by atoms with Gasteiger partial charge in [-0.15, -0.1) is 0 Å². The summed E-state index contributed by atoms with van der Waals surface area (Å²) in [6.07, 6.45) is 2.58. The summed E-state index contributed by atoms with van der Waals surface area (Å²) < 4.78 is 10.4. The maximum atomic E-state index is 12.3. The van der Waals surface area contributed by atoms with Crippen molar-refractivity contribution in [2.75, 3.05) is 14.2 Å². The van der Waals surface area contributed by atoms with Crippen LogP contribution in [0.2, 0.25) is 0 Å². The molecular formula is C16H17N3O3. The molecule has 1 aliphatic carbocycles. The molecule has 0 heterocycles. The lowest BCUT2D eigenvalue weighted by molar-refractivity contribution is -0.0190.